The zero-order valence-corrected chi connectivity index (χ0v) is 21.0. The van der Waals surface area contributed by atoms with Crippen LogP contribution in [0.15, 0.2) is 53.5 Å². The monoisotopic (exact) mass is 563 g/mol. The van der Waals surface area contributed by atoms with Crippen LogP contribution >= 0.6 is 34.8 Å². The number of halogens is 1. The molecule has 174 valence electrons. The van der Waals surface area contributed by atoms with E-state index in [0.717, 1.165) is 36.0 Å². The van der Waals surface area contributed by atoms with Gasteiger partial charge in [0, 0.05) is 21.5 Å². The third-order valence-electron chi connectivity index (χ3n) is 3.51. The van der Waals surface area contributed by atoms with E-state index in [0.29, 0.717) is 13.2 Å². The lowest BCUT2D eigenvalue weighted by Gasteiger charge is -2.10. The van der Waals surface area contributed by atoms with Crippen LogP contribution in [-0.2, 0) is 0 Å². The maximum atomic E-state index is 6.24. The van der Waals surface area contributed by atoms with E-state index in [1.807, 2.05) is 76.7 Å². The molecule has 8 heteroatoms. The van der Waals surface area contributed by atoms with Gasteiger partial charge in [-0.1, -0.05) is 30.0 Å². The van der Waals surface area contributed by atoms with Crippen LogP contribution in [0, 0.1) is 0 Å². The van der Waals surface area contributed by atoms with E-state index in [4.69, 9.17) is 17.9 Å². The molecule has 6 nitrogen and oxygen atoms in total. The number of thiocarbonyl (C=S) groups is 1. The summed E-state index contributed by atoms with van der Waals surface area (Å²) in [6.07, 6.45) is 0. The lowest BCUT2D eigenvalue weighted by Crippen LogP contribution is -2.19. The van der Waals surface area contributed by atoms with E-state index in [9.17, 15) is 0 Å². The van der Waals surface area contributed by atoms with Crippen LogP contribution in [0.5, 0.6) is 11.5 Å². The molecule has 1 unspecified atom stereocenters. The molecule has 31 heavy (non-hydrogen) atoms. The largest absolute Gasteiger partial charge is 0.492 e. The van der Waals surface area contributed by atoms with Crippen molar-refractivity contribution in [1.82, 2.24) is 9.80 Å². The topological polar surface area (TPSA) is 63.3 Å². The highest BCUT2D eigenvalue weighted by Crippen LogP contribution is 2.17. The number of hydrogen-bond acceptors (Lipinski definition) is 7. The van der Waals surface area contributed by atoms with Gasteiger partial charge in [0.25, 0.3) is 0 Å². The Morgan fingerprint density at radius 1 is 1.00 bits per heavy atom. The van der Waals surface area contributed by atoms with E-state index >= 15 is 0 Å². The van der Waals surface area contributed by atoms with Gasteiger partial charge in [-0.2, -0.15) is 4.99 Å². The highest BCUT2D eigenvalue weighted by Gasteiger charge is 1.95. The smallest absolute Gasteiger partial charge is 0.119 e. The van der Waals surface area contributed by atoms with Crippen molar-refractivity contribution in [2.75, 3.05) is 65.1 Å². The Morgan fingerprint density at radius 2 is 1.39 bits per heavy atom. The Bertz CT molecular complexity index is 770. The van der Waals surface area contributed by atoms with E-state index in [1.165, 1.54) is 0 Å². The van der Waals surface area contributed by atoms with Gasteiger partial charge in [-0.15, -0.1) is 0 Å². The molecule has 2 rings (SSSR count). The van der Waals surface area contributed by atoms with Crippen LogP contribution in [0.3, 0.4) is 0 Å². The maximum absolute atomic E-state index is 6.24. The zero-order valence-electron chi connectivity index (χ0n) is 20.0. The summed E-state index contributed by atoms with van der Waals surface area (Å²) in [5, 5.41) is 2.32. The van der Waals surface area contributed by atoms with Gasteiger partial charge in [-0.05, 0) is 93.8 Å². The van der Waals surface area contributed by atoms with Crippen molar-refractivity contribution in [2.24, 2.45) is 4.99 Å². The van der Waals surface area contributed by atoms with Gasteiger partial charge in [-0.25, -0.2) is 0 Å². The number of nitrogens with zero attached hydrogens (tertiary/aromatic N) is 3. The first kappa shape index (κ1) is 27.3. The molecule has 0 saturated carbocycles. The second-order valence-corrected chi connectivity index (χ2v) is 6.75. The fraction of sp³-hybridized carbons (Fsp3) is 0.435. The molecule has 0 bridgehead atoms. The number of nitrogens with two attached hydrogens (primary N) is 1. The normalized spacial score (nSPS) is 11.2. The third-order valence-corrected chi connectivity index (χ3v) is 3.60. The summed E-state index contributed by atoms with van der Waals surface area (Å²) in [6.45, 7) is 3.21. The van der Waals surface area contributed by atoms with Crippen LogP contribution in [-0.4, -0.2) is 74.3 Å². The standard InChI is InChI=1S/C11H14N2OS.C10H16N2O.CH3I.CH4/c1-13(2)7-8-14-11-5-3-10(4-6-11)12-9-15;1-12(2)7-8-13-10-5-3-9(11)4-6-10;1-2;/h3-6H,7-8H2,1-2H3;3-6H,7-8,11H2,1-2H3;1H3;1H4/i;;1TD;. The average molecular weight is 564 g/mol. The SMILES string of the molecule is C.CN(C)CCOc1ccc(N)cc1.CN(C)CCOc1ccc(N=C=S)cc1.[2H]C([3H])I. The van der Waals surface area contributed by atoms with Crippen molar-refractivity contribution in [3.05, 3.63) is 48.5 Å². The van der Waals surface area contributed by atoms with E-state index in [2.05, 4.69) is 32.2 Å². The Morgan fingerprint density at radius 3 is 1.74 bits per heavy atom. The van der Waals surface area contributed by atoms with Crippen molar-refractivity contribution in [2.45, 2.75) is 7.43 Å². The van der Waals surface area contributed by atoms with Crippen molar-refractivity contribution < 1.29 is 12.2 Å². The second-order valence-electron chi connectivity index (χ2n) is 6.57. The highest BCUT2D eigenvalue weighted by molar-refractivity contribution is 14.1. The number of ether oxygens (including phenoxy) is 2. The van der Waals surface area contributed by atoms with Gasteiger partial charge in [0.2, 0.25) is 0 Å². The summed E-state index contributed by atoms with van der Waals surface area (Å²) >= 11 is 6.19. The summed E-state index contributed by atoms with van der Waals surface area (Å²) in [4.78, 5) is 7.32. The lowest BCUT2D eigenvalue weighted by atomic mass is 10.3. The van der Waals surface area contributed by atoms with Crippen molar-refractivity contribution in [3.8, 4) is 11.5 Å². The molecule has 0 saturated heterocycles. The first-order valence-electron chi connectivity index (χ1n) is 10.4. The van der Waals surface area contributed by atoms with Crippen molar-refractivity contribution >= 4 is 51.3 Å². The Kier molecular flexibility index (Phi) is 17.8. The van der Waals surface area contributed by atoms with Crippen LogP contribution < -0.4 is 15.2 Å². The number of isothiocyanates is 1. The molecule has 0 fully saturated rings. The molecule has 2 aromatic carbocycles. The minimum absolute atomic E-state index is 0. The molecule has 2 N–H and O–H groups in total. The lowest BCUT2D eigenvalue weighted by molar-refractivity contribution is 0.261. The third kappa shape index (κ3) is 17.6. The molecular weight excluding hydrogens is 523 g/mol. The van der Waals surface area contributed by atoms with E-state index < -0.39 is 4.88 Å². The molecule has 0 aromatic heterocycles. The first-order valence-corrected chi connectivity index (χ1v) is 10.9. The number of hydrogen-bond donors (Lipinski definition) is 1. The molecule has 0 aliphatic rings. The summed E-state index contributed by atoms with van der Waals surface area (Å²) in [5.74, 6) is 1.72. The number of likely N-dealkylation sites (N-methyl/N-ethyl adjacent to an activating group) is 2. The maximum Gasteiger partial charge on any atom is 0.119 e. The van der Waals surface area contributed by atoms with Crippen LogP contribution in [0.1, 0.15) is 10.2 Å². The first-order chi connectivity index (χ1) is 15.1. The quantitative estimate of drug-likeness (QED) is 0.148. The Labute approximate surface area is 210 Å². The zero-order chi connectivity index (χ0) is 24.4. The van der Waals surface area contributed by atoms with Crippen molar-refractivity contribution in [3.63, 3.8) is 0 Å². The van der Waals surface area contributed by atoms with E-state index in [-0.39, 0.29) is 7.43 Å². The molecule has 1 atom stereocenters. The fourth-order valence-corrected chi connectivity index (χ4v) is 2.03. The average Bonchev–Trinajstić information content (AvgIpc) is 2.71. The number of alkyl halides is 1. The van der Waals surface area contributed by atoms with Crippen LogP contribution in [0.4, 0.5) is 11.4 Å². The number of nitrogen functional groups attached to an aromatic ring is 1. The number of aliphatic imine (C=N–C) groups is 1. The summed E-state index contributed by atoms with van der Waals surface area (Å²) in [6, 6.07) is 14.9. The summed E-state index contributed by atoms with van der Waals surface area (Å²) in [5.41, 5.74) is 7.10. The fourth-order valence-electron chi connectivity index (χ4n) is 1.93. The molecule has 0 amide bonds. The van der Waals surface area contributed by atoms with Gasteiger partial charge >= 0.3 is 0 Å². The molecule has 2 aromatic rings. The molecule has 0 spiro atoms. The highest BCUT2D eigenvalue weighted by atomic mass is 127. The Hall–Kier alpha value is -1.71. The van der Waals surface area contributed by atoms with Crippen LogP contribution in [0.2, 0.25) is 0 Å². The van der Waals surface area contributed by atoms with Gasteiger partial charge in [0.15, 0.2) is 0 Å². The van der Waals surface area contributed by atoms with E-state index in [1.54, 1.807) is 22.6 Å². The minimum Gasteiger partial charge on any atom is -0.492 e. The molecule has 0 aliphatic heterocycles. The van der Waals surface area contributed by atoms with Crippen LogP contribution in [0.25, 0.3) is 0 Å². The predicted molar refractivity (Wildman–Crippen MR) is 147 cm³/mol. The molecule has 0 heterocycles. The van der Waals surface area contributed by atoms with Gasteiger partial charge in [0.05, 0.1) is 10.8 Å². The minimum atomic E-state index is -0.697. The molecular formula is C23H37IN4O2S. The van der Waals surface area contributed by atoms with Crippen molar-refractivity contribution in [1.29, 1.82) is 0 Å². The number of rotatable bonds is 9. The van der Waals surface area contributed by atoms with Gasteiger partial charge < -0.3 is 25.0 Å². The van der Waals surface area contributed by atoms with Gasteiger partial charge in [-0.3, -0.25) is 0 Å². The summed E-state index contributed by atoms with van der Waals surface area (Å²) in [7, 11) is 8.07. The summed E-state index contributed by atoms with van der Waals surface area (Å²) < 4.78 is 23.5. The Balaban J connectivity index is 0. The number of anilines is 1. The molecule has 0 aliphatic carbocycles. The predicted octanol–water partition coefficient (Wildman–Crippen LogP) is 5.26. The second kappa shape index (κ2) is 20.2. The molecule has 0 radical (unpaired) electrons. The number of benzene rings is 2. The van der Waals surface area contributed by atoms with Gasteiger partial charge in [0.1, 0.15) is 24.7 Å².